The molecule has 7 nitrogen and oxygen atoms in total. The SMILES string of the molecule is CN(c1ccccc1)c1ccccc1C(=O)N1CCN(C(=O)C(=O)NC2CC2)CC1. The number of amides is 3. The minimum Gasteiger partial charge on any atom is -0.345 e. The lowest BCUT2D eigenvalue weighted by Gasteiger charge is -2.35. The summed E-state index contributed by atoms with van der Waals surface area (Å²) >= 11 is 0. The van der Waals surface area contributed by atoms with Crippen LogP contribution < -0.4 is 10.2 Å². The Morgan fingerprint density at radius 3 is 2.13 bits per heavy atom. The molecular weight excluding hydrogens is 380 g/mol. The maximum absolute atomic E-state index is 13.2. The molecule has 2 aliphatic rings. The molecule has 0 spiro atoms. The normalized spacial score (nSPS) is 16.2. The van der Waals surface area contributed by atoms with Crippen LogP contribution in [0.15, 0.2) is 54.6 Å². The maximum Gasteiger partial charge on any atom is 0.312 e. The smallest absolute Gasteiger partial charge is 0.312 e. The Morgan fingerprint density at radius 2 is 1.47 bits per heavy atom. The Balaban J connectivity index is 1.42. The molecule has 0 atom stereocenters. The monoisotopic (exact) mass is 406 g/mol. The number of para-hydroxylation sites is 2. The zero-order chi connectivity index (χ0) is 21.1. The molecule has 2 fully saturated rings. The Labute approximate surface area is 176 Å². The predicted molar refractivity (Wildman–Crippen MR) is 115 cm³/mol. The van der Waals surface area contributed by atoms with Gasteiger partial charge in [-0.2, -0.15) is 0 Å². The molecule has 1 N–H and O–H groups in total. The first-order chi connectivity index (χ1) is 14.5. The fourth-order valence-corrected chi connectivity index (χ4v) is 3.64. The third-order valence-corrected chi connectivity index (χ3v) is 5.60. The highest BCUT2D eigenvalue weighted by atomic mass is 16.2. The number of nitrogens with one attached hydrogen (secondary N) is 1. The van der Waals surface area contributed by atoms with Gasteiger partial charge in [0.2, 0.25) is 0 Å². The van der Waals surface area contributed by atoms with E-state index in [2.05, 4.69) is 5.32 Å². The van der Waals surface area contributed by atoms with Crippen molar-refractivity contribution in [3.8, 4) is 0 Å². The Bertz CT molecular complexity index is 934. The summed E-state index contributed by atoms with van der Waals surface area (Å²) in [5.74, 6) is -1.10. The van der Waals surface area contributed by atoms with Crippen molar-refractivity contribution < 1.29 is 14.4 Å². The summed E-state index contributed by atoms with van der Waals surface area (Å²) in [5, 5.41) is 2.73. The number of rotatable bonds is 4. The van der Waals surface area contributed by atoms with Crippen LogP contribution in [-0.2, 0) is 9.59 Å². The van der Waals surface area contributed by atoms with Crippen molar-refractivity contribution in [1.29, 1.82) is 0 Å². The van der Waals surface area contributed by atoms with Crippen LogP contribution in [-0.4, -0.2) is 66.8 Å². The van der Waals surface area contributed by atoms with Crippen LogP contribution in [0.4, 0.5) is 11.4 Å². The van der Waals surface area contributed by atoms with Gasteiger partial charge >= 0.3 is 11.8 Å². The molecule has 1 saturated heterocycles. The number of carbonyl (C=O) groups is 3. The molecule has 1 aliphatic heterocycles. The lowest BCUT2D eigenvalue weighted by molar-refractivity contribution is -0.146. The topological polar surface area (TPSA) is 73.0 Å². The zero-order valence-corrected chi connectivity index (χ0v) is 17.1. The second kappa shape index (κ2) is 8.57. The highest BCUT2D eigenvalue weighted by molar-refractivity contribution is 6.35. The highest BCUT2D eigenvalue weighted by Gasteiger charge is 2.32. The number of anilines is 2. The zero-order valence-electron chi connectivity index (χ0n) is 17.1. The average Bonchev–Trinajstić information content (AvgIpc) is 3.62. The van der Waals surface area contributed by atoms with E-state index >= 15 is 0 Å². The number of hydrogen-bond acceptors (Lipinski definition) is 4. The molecule has 0 unspecified atom stereocenters. The quantitative estimate of drug-likeness (QED) is 0.789. The van der Waals surface area contributed by atoms with E-state index in [9.17, 15) is 14.4 Å². The first-order valence-electron chi connectivity index (χ1n) is 10.3. The molecule has 0 bridgehead atoms. The molecule has 1 saturated carbocycles. The van der Waals surface area contributed by atoms with Crippen LogP contribution in [0.1, 0.15) is 23.2 Å². The molecule has 1 heterocycles. The molecule has 30 heavy (non-hydrogen) atoms. The van der Waals surface area contributed by atoms with E-state index in [0.717, 1.165) is 24.2 Å². The van der Waals surface area contributed by atoms with Crippen molar-refractivity contribution in [1.82, 2.24) is 15.1 Å². The third kappa shape index (κ3) is 4.30. The van der Waals surface area contributed by atoms with E-state index in [0.29, 0.717) is 31.7 Å². The summed E-state index contributed by atoms with van der Waals surface area (Å²) < 4.78 is 0. The van der Waals surface area contributed by atoms with Gasteiger partial charge in [-0.1, -0.05) is 30.3 Å². The predicted octanol–water partition coefficient (Wildman–Crippen LogP) is 2.02. The largest absolute Gasteiger partial charge is 0.345 e. The van der Waals surface area contributed by atoms with Crippen molar-refractivity contribution in [3.63, 3.8) is 0 Å². The van der Waals surface area contributed by atoms with E-state index in [-0.39, 0.29) is 11.9 Å². The number of benzene rings is 2. The van der Waals surface area contributed by atoms with Gasteiger partial charge in [-0.15, -0.1) is 0 Å². The molecule has 7 heteroatoms. The Hall–Kier alpha value is -3.35. The summed E-state index contributed by atoms with van der Waals surface area (Å²) in [4.78, 5) is 42.8. The molecule has 2 aromatic carbocycles. The lowest BCUT2D eigenvalue weighted by atomic mass is 10.1. The molecular formula is C23H26N4O3. The van der Waals surface area contributed by atoms with Gasteiger partial charge in [-0.05, 0) is 37.1 Å². The van der Waals surface area contributed by atoms with Crippen molar-refractivity contribution in [3.05, 3.63) is 60.2 Å². The van der Waals surface area contributed by atoms with Crippen molar-refractivity contribution in [2.45, 2.75) is 18.9 Å². The first kappa shape index (κ1) is 19.9. The summed E-state index contributed by atoms with van der Waals surface area (Å²) in [7, 11) is 1.94. The van der Waals surface area contributed by atoms with Gasteiger partial charge in [0.25, 0.3) is 5.91 Å². The van der Waals surface area contributed by atoms with Crippen molar-refractivity contribution in [2.75, 3.05) is 38.1 Å². The minimum absolute atomic E-state index is 0.0667. The fourth-order valence-electron chi connectivity index (χ4n) is 3.64. The van der Waals surface area contributed by atoms with Crippen LogP contribution in [0.5, 0.6) is 0 Å². The third-order valence-electron chi connectivity index (χ3n) is 5.60. The van der Waals surface area contributed by atoms with Crippen LogP contribution >= 0.6 is 0 Å². The molecule has 156 valence electrons. The Morgan fingerprint density at radius 1 is 0.867 bits per heavy atom. The fraction of sp³-hybridized carbons (Fsp3) is 0.348. The van der Waals surface area contributed by atoms with E-state index in [1.165, 1.54) is 4.90 Å². The van der Waals surface area contributed by atoms with Crippen LogP contribution in [0.3, 0.4) is 0 Å². The maximum atomic E-state index is 13.2. The standard InChI is InChI=1S/C23H26N4O3/c1-25(18-7-3-2-4-8-18)20-10-6-5-9-19(20)22(29)26-13-15-27(16-14-26)23(30)21(28)24-17-11-12-17/h2-10,17H,11-16H2,1H3,(H,24,28). The first-order valence-corrected chi connectivity index (χ1v) is 10.3. The summed E-state index contributed by atoms with van der Waals surface area (Å²) in [5.41, 5.74) is 2.45. The van der Waals surface area contributed by atoms with Crippen LogP contribution in [0.25, 0.3) is 0 Å². The molecule has 3 amide bonds. The molecule has 4 rings (SSSR count). The van der Waals surface area contributed by atoms with Gasteiger partial charge < -0.3 is 20.0 Å². The van der Waals surface area contributed by atoms with E-state index < -0.39 is 11.8 Å². The average molecular weight is 406 g/mol. The molecule has 0 radical (unpaired) electrons. The van der Waals surface area contributed by atoms with Gasteiger partial charge in [0.15, 0.2) is 0 Å². The number of nitrogens with zero attached hydrogens (tertiary/aromatic N) is 3. The molecule has 2 aromatic rings. The number of piperazine rings is 1. The minimum atomic E-state index is -0.535. The highest BCUT2D eigenvalue weighted by Crippen LogP contribution is 2.28. The summed E-state index contributed by atoms with van der Waals surface area (Å²) in [6.07, 6.45) is 1.89. The number of carbonyl (C=O) groups excluding carboxylic acids is 3. The van der Waals surface area contributed by atoms with Crippen molar-refractivity contribution in [2.24, 2.45) is 0 Å². The van der Waals surface area contributed by atoms with Gasteiger partial charge in [0, 0.05) is 45.0 Å². The second-order valence-corrected chi connectivity index (χ2v) is 7.74. The Kier molecular flexibility index (Phi) is 5.70. The second-order valence-electron chi connectivity index (χ2n) is 7.74. The lowest BCUT2D eigenvalue weighted by Crippen LogP contribution is -2.54. The van der Waals surface area contributed by atoms with Gasteiger partial charge in [-0.25, -0.2) is 0 Å². The van der Waals surface area contributed by atoms with Crippen LogP contribution in [0.2, 0.25) is 0 Å². The van der Waals surface area contributed by atoms with Gasteiger partial charge in [-0.3, -0.25) is 14.4 Å². The number of hydrogen-bond donors (Lipinski definition) is 1. The van der Waals surface area contributed by atoms with E-state index in [4.69, 9.17) is 0 Å². The molecule has 1 aliphatic carbocycles. The molecule has 0 aromatic heterocycles. The summed E-state index contributed by atoms with van der Waals surface area (Å²) in [6, 6.07) is 17.6. The van der Waals surface area contributed by atoms with E-state index in [1.54, 1.807) is 4.90 Å². The van der Waals surface area contributed by atoms with Crippen molar-refractivity contribution >= 4 is 29.1 Å². The van der Waals surface area contributed by atoms with E-state index in [1.807, 2.05) is 66.5 Å². The van der Waals surface area contributed by atoms with Crippen LogP contribution in [0, 0.1) is 0 Å². The summed E-state index contributed by atoms with van der Waals surface area (Å²) in [6.45, 7) is 1.54. The van der Waals surface area contributed by atoms with Gasteiger partial charge in [0.05, 0.1) is 11.3 Å². The van der Waals surface area contributed by atoms with Gasteiger partial charge in [0.1, 0.15) is 0 Å².